The van der Waals surface area contributed by atoms with E-state index in [0.717, 1.165) is 31.2 Å². The van der Waals surface area contributed by atoms with Crippen LogP contribution in [0.15, 0.2) is 12.3 Å². The minimum Gasteiger partial charge on any atom is -0.431 e. The molecule has 3 rings (SSSR count). The summed E-state index contributed by atoms with van der Waals surface area (Å²) in [7, 11) is 0. The largest absolute Gasteiger partial charge is 0.431 e. The monoisotopic (exact) mass is 487 g/mol. The highest BCUT2D eigenvalue weighted by atomic mass is 19.3. The molecule has 9 heteroatoms. The maximum Gasteiger partial charge on any atom is 0.387 e. The van der Waals surface area contributed by atoms with E-state index in [-0.39, 0.29) is 28.4 Å². The van der Waals surface area contributed by atoms with Gasteiger partial charge < -0.3 is 10.1 Å². The number of amides is 1. The molecule has 0 aliphatic heterocycles. The van der Waals surface area contributed by atoms with Crippen molar-refractivity contribution in [2.45, 2.75) is 79.8 Å². The summed E-state index contributed by atoms with van der Waals surface area (Å²) in [5.74, 6) is 0.888. The van der Waals surface area contributed by atoms with E-state index < -0.39 is 12.5 Å². The van der Waals surface area contributed by atoms with Crippen LogP contribution in [0, 0.1) is 28.6 Å². The molecule has 2 aromatic heterocycles. The number of rotatable bonds is 8. The molecule has 0 atom stereocenters. The highest BCUT2D eigenvalue weighted by Crippen LogP contribution is 2.31. The first-order valence-corrected chi connectivity index (χ1v) is 12.3. The lowest BCUT2D eigenvalue weighted by atomic mass is 9.83. The number of nitrogens with one attached hydrogen (secondary N) is 1. The van der Waals surface area contributed by atoms with Crippen molar-refractivity contribution in [3.05, 3.63) is 35.0 Å². The summed E-state index contributed by atoms with van der Waals surface area (Å²) in [6.45, 7) is 7.60. The number of aromatic nitrogens is 3. The maximum absolute atomic E-state index is 13.3. The molecule has 7 nitrogen and oxygen atoms in total. The Kier molecular flexibility index (Phi) is 8.47. The van der Waals surface area contributed by atoms with Crippen molar-refractivity contribution < 1.29 is 18.3 Å². The second kappa shape index (κ2) is 11.1. The van der Waals surface area contributed by atoms with Gasteiger partial charge in [0.05, 0.1) is 0 Å². The van der Waals surface area contributed by atoms with Crippen LogP contribution in [-0.2, 0) is 12.8 Å². The zero-order valence-electron chi connectivity index (χ0n) is 21.2. The number of alkyl halides is 2. The lowest BCUT2D eigenvalue weighted by Crippen LogP contribution is -2.31. The third-order valence-corrected chi connectivity index (χ3v) is 6.32. The molecule has 0 bridgehead atoms. The van der Waals surface area contributed by atoms with Gasteiger partial charge in [-0.25, -0.2) is 9.97 Å². The molecule has 2 heterocycles. The van der Waals surface area contributed by atoms with Crippen molar-refractivity contribution in [1.29, 1.82) is 5.26 Å². The summed E-state index contributed by atoms with van der Waals surface area (Å²) < 4.78 is 32.7. The van der Waals surface area contributed by atoms with Crippen LogP contribution in [0.25, 0.3) is 5.82 Å². The number of aryl methyl sites for hydroxylation is 1. The molecular weight excluding hydrogens is 452 g/mol. The summed E-state index contributed by atoms with van der Waals surface area (Å²) >= 11 is 0. The van der Waals surface area contributed by atoms with Crippen LogP contribution < -0.4 is 10.1 Å². The van der Waals surface area contributed by atoms with E-state index >= 15 is 0 Å². The summed E-state index contributed by atoms with van der Waals surface area (Å²) in [5, 5.41) is 12.9. The van der Waals surface area contributed by atoms with Gasteiger partial charge in [-0.05, 0) is 48.1 Å². The summed E-state index contributed by atoms with van der Waals surface area (Å²) in [4.78, 5) is 21.8. The fourth-order valence-electron chi connectivity index (χ4n) is 4.59. The Labute approximate surface area is 205 Å². The molecule has 0 spiro atoms. The number of hydrogen-bond acceptors (Lipinski definition) is 5. The van der Waals surface area contributed by atoms with Crippen LogP contribution in [0.4, 0.5) is 8.78 Å². The molecule has 1 amide bonds. The zero-order valence-corrected chi connectivity index (χ0v) is 21.2. The van der Waals surface area contributed by atoms with E-state index in [2.05, 4.69) is 22.2 Å². The average molecular weight is 488 g/mol. The fourth-order valence-corrected chi connectivity index (χ4v) is 4.59. The highest BCUT2D eigenvalue weighted by Gasteiger charge is 2.27. The van der Waals surface area contributed by atoms with E-state index in [4.69, 9.17) is 4.74 Å². The number of pyridine rings is 1. The van der Waals surface area contributed by atoms with Gasteiger partial charge >= 0.3 is 6.61 Å². The zero-order chi connectivity index (χ0) is 25.8. The van der Waals surface area contributed by atoms with Crippen LogP contribution in [0.3, 0.4) is 0 Å². The second-order valence-electron chi connectivity index (χ2n) is 10.6. The molecule has 0 saturated heterocycles. The number of nitriles is 1. The number of carbonyl (C=O) groups excluding carboxylic acids is 1. The van der Waals surface area contributed by atoms with Gasteiger partial charge in [0.1, 0.15) is 11.9 Å². The van der Waals surface area contributed by atoms with Crippen molar-refractivity contribution in [3.8, 4) is 17.6 Å². The lowest BCUT2D eigenvalue weighted by molar-refractivity contribution is -0.0501. The van der Waals surface area contributed by atoms with E-state index in [9.17, 15) is 18.8 Å². The van der Waals surface area contributed by atoms with Gasteiger partial charge in [-0.2, -0.15) is 14.0 Å². The normalized spacial score (nSPS) is 18.4. The van der Waals surface area contributed by atoms with Crippen LogP contribution >= 0.6 is 0 Å². The molecule has 1 aliphatic rings. The Hall–Kier alpha value is -3.02. The number of nitrogens with zero attached hydrogens (tertiary/aromatic N) is 4. The van der Waals surface area contributed by atoms with Gasteiger partial charge in [0.2, 0.25) is 0 Å². The Morgan fingerprint density at radius 2 is 2.00 bits per heavy atom. The van der Waals surface area contributed by atoms with Gasteiger partial charge in [-0.3, -0.25) is 9.36 Å². The van der Waals surface area contributed by atoms with Gasteiger partial charge in [0, 0.05) is 19.2 Å². The van der Waals surface area contributed by atoms with E-state index in [1.165, 1.54) is 10.6 Å². The fraction of sp³-hybridized carbons (Fsp3) is 0.615. The summed E-state index contributed by atoms with van der Waals surface area (Å²) in [6.07, 6.45) is 6.94. The molecule has 1 aliphatic carbocycles. The number of carbonyl (C=O) groups is 1. The first-order valence-electron chi connectivity index (χ1n) is 12.3. The van der Waals surface area contributed by atoms with E-state index in [1.807, 2.05) is 33.8 Å². The molecule has 0 unspecified atom stereocenters. The van der Waals surface area contributed by atoms with Gasteiger partial charge in [-0.15, -0.1) is 0 Å². The third-order valence-electron chi connectivity index (χ3n) is 6.32. The second-order valence-corrected chi connectivity index (χ2v) is 10.6. The Bertz CT molecular complexity index is 1080. The van der Waals surface area contributed by atoms with Crippen molar-refractivity contribution >= 4 is 5.91 Å². The smallest absolute Gasteiger partial charge is 0.387 e. The summed E-state index contributed by atoms with van der Waals surface area (Å²) in [5.41, 5.74) is 0.561. The molecule has 0 radical (unpaired) electrons. The first kappa shape index (κ1) is 26.6. The third kappa shape index (κ3) is 6.77. The highest BCUT2D eigenvalue weighted by molar-refractivity contribution is 5.94. The molecule has 35 heavy (non-hydrogen) atoms. The number of ether oxygens (including phenoxy) is 1. The molecule has 1 fully saturated rings. The molecule has 190 valence electrons. The average Bonchev–Trinajstić information content (AvgIpc) is 3.16. The van der Waals surface area contributed by atoms with Crippen molar-refractivity contribution in [2.75, 3.05) is 6.54 Å². The Balaban J connectivity index is 1.96. The van der Waals surface area contributed by atoms with Crippen molar-refractivity contribution in [2.24, 2.45) is 17.3 Å². The number of halogens is 2. The van der Waals surface area contributed by atoms with Crippen LogP contribution in [0.1, 0.15) is 87.9 Å². The lowest BCUT2D eigenvalue weighted by Gasteiger charge is -2.26. The molecule has 2 aromatic rings. The van der Waals surface area contributed by atoms with Crippen molar-refractivity contribution in [1.82, 2.24) is 19.9 Å². The molecule has 0 aromatic carbocycles. The standard InChI is InChI=1S/C26H35F2N5O2/c1-6-21-32-22(24(34)31-14-17-9-7-16(2)8-10-17)19(13-29)33(21)23-20(35-25(27)28)11-18(15-30-23)12-26(3,4)5/h11,15-17,25H,6-10,12,14H2,1-5H3,(H,31,34). The van der Waals surface area contributed by atoms with Crippen molar-refractivity contribution in [3.63, 3.8) is 0 Å². The predicted molar refractivity (Wildman–Crippen MR) is 129 cm³/mol. The van der Waals surface area contributed by atoms with E-state index in [0.29, 0.717) is 37.0 Å². The SMILES string of the molecule is CCc1nc(C(=O)NCC2CCC(C)CC2)c(C#N)n1-c1ncc(CC(C)(C)C)cc1OC(F)F. The van der Waals surface area contributed by atoms with Crippen LogP contribution in [-0.4, -0.2) is 33.6 Å². The van der Waals surface area contributed by atoms with Gasteiger partial charge in [0.25, 0.3) is 5.91 Å². The minimum absolute atomic E-state index is 0.0178. The van der Waals surface area contributed by atoms with Gasteiger partial charge in [-0.1, -0.05) is 47.5 Å². The predicted octanol–water partition coefficient (Wildman–Crippen LogP) is 5.45. The van der Waals surface area contributed by atoms with Gasteiger partial charge in [0.15, 0.2) is 23.0 Å². The maximum atomic E-state index is 13.3. The Morgan fingerprint density at radius 3 is 2.57 bits per heavy atom. The number of imidazole rings is 1. The Morgan fingerprint density at radius 1 is 1.31 bits per heavy atom. The van der Waals surface area contributed by atoms with E-state index in [1.54, 1.807) is 6.20 Å². The molecule has 1 saturated carbocycles. The van der Waals surface area contributed by atoms with Crippen LogP contribution in [0.2, 0.25) is 0 Å². The minimum atomic E-state index is -3.07. The first-order chi connectivity index (χ1) is 16.5. The number of hydrogen-bond donors (Lipinski definition) is 1. The molecular formula is C26H35F2N5O2. The quantitative estimate of drug-likeness (QED) is 0.535. The molecule has 1 N–H and O–H groups in total. The topological polar surface area (TPSA) is 92.8 Å². The van der Waals surface area contributed by atoms with Crippen LogP contribution in [0.5, 0.6) is 5.75 Å². The summed E-state index contributed by atoms with van der Waals surface area (Å²) in [6, 6.07) is 3.55.